The molecule has 0 saturated carbocycles. The fourth-order valence-corrected chi connectivity index (χ4v) is 23.2. The molecule has 692 valence electrons. The highest BCUT2D eigenvalue weighted by Crippen LogP contribution is 2.53. The number of para-hydroxylation sites is 6. The Bertz CT molecular complexity index is 10300. The molecule has 0 spiro atoms. The SMILES string of the molecule is c1ccc(-c2c(-c3ccc(N(c4ccccc4)c4ccc5oc6ccccc6c5c4)cc3)c3ccccc3c3ccccc23)cc1.c1ccc(N(c2ccccc2)c2ccc(-c3c(-c4ccc5c6ccccc6c6ccccc6c5c4)c4ccccc4c4ccccc34)cc2)cc1.c1ccc2c(c1)ccc1cc(-c3ccc(N(c4ccc5c(c4)oc4ccccc45)c4ccc5c(c4)oc4ccccc45)c4ccccc34)ccc12. The Morgan fingerprint density at radius 1 is 0.115 bits per heavy atom. The van der Waals surface area contributed by atoms with Crippen LogP contribution in [0.4, 0.5) is 51.2 Å². The molecule has 0 atom stereocenters. The molecule has 0 aliphatic heterocycles. The number of hydrogen-bond acceptors (Lipinski definition) is 6. The van der Waals surface area contributed by atoms with E-state index in [4.69, 9.17) is 13.3 Å². The third kappa shape index (κ3) is 15.0. The molecule has 148 heavy (non-hydrogen) atoms. The number of rotatable bonds is 14. The highest BCUT2D eigenvalue weighted by Gasteiger charge is 2.27. The number of furan rings is 3. The van der Waals surface area contributed by atoms with Gasteiger partial charge in [0.1, 0.15) is 33.5 Å². The van der Waals surface area contributed by atoms with Gasteiger partial charge in [-0.2, -0.15) is 0 Å². The van der Waals surface area contributed by atoms with E-state index in [1.165, 1.54) is 158 Å². The molecule has 6 heteroatoms. The van der Waals surface area contributed by atoms with E-state index >= 15 is 0 Å². The van der Waals surface area contributed by atoms with Crippen LogP contribution in [0.25, 0.3) is 229 Å². The summed E-state index contributed by atoms with van der Waals surface area (Å²) in [6.45, 7) is 0. The molecule has 0 unspecified atom stereocenters. The molecule has 0 radical (unpaired) electrons. The van der Waals surface area contributed by atoms with Gasteiger partial charge in [0.2, 0.25) is 0 Å². The minimum atomic E-state index is 0.855. The Kier molecular flexibility index (Phi) is 21.2. The Morgan fingerprint density at radius 2 is 0.392 bits per heavy atom. The molecule has 0 N–H and O–H groups in total. The first kappa shape index (κ1) is 86.2. The maximum Gasteiger partial charge on any atom is 0.137 e. The molecule has 30 rings (SSSR count). The molecular formula is C142H91N3O3. The Labute approximate surface area is 854 Å². The fourth-order valence-electron chi connectivity index (χ4n) is 23.2. The lowest BCUT2D eigenvalue weighted by molar-refractivity contribution is 0.668. The summed E-state index contributed by atoms with van der Waals surface area (Å²) in [6.07, 6.45) is 0. The highest BCUT2D eigenvalue weighted by atomic mass is 16.3. The van der Waals surface area contributed by atoms with Crippen LogP contribution in [-0.2, 0) is 0 Å². The molecule has 0 aliphatic carbocycles. The number of nitrogens with zero attached hydrogens (tertiary/aromatic N) is 3. The van der Waals surface area contributed by atoms with Crippen molar-refractivity contribution in [1.82, 2.24) is 0 Å². The van der Waals surface area contributed by atoms with Crippen molar-refractivity contribution < 1.29 is 13.3 Å². The minimum absolute atomic E-state index is 0.855. The van der Waals surface area contributed by atoms with Crippen molar-refractivity contribution in [3.8, 4) is 55.6 Å². The largest absolute Gasteiger partial charge is 0.456 e. The topological polar surface area (TPSA) is 49.1 Å². The second-order valence-corrected chi connectivity index (χ2v) is 38.2. The van der Waals surface area contributed by atoms with Crippen LogP contribution in [0.2, 0.25) is 0 Å². The van der Waals surface area contributed by atoms with E-state index in [9.17, 15) is 0 Å². The maximum atomic E-state index is 6.41. The molecule has 0 aliphatic rings. The molecule has 3 aromatic heterocycles. The van der Waals surface area contributed by atoms with E-state index in [2.05, 4.69) is 530 Å². The normalized spacial score (nSPS) is 11.6. The van der Waals surface area contributed by atoms with Gasteiger partial charge in [0.05, 0.1) is 5.69 Å². The summed E-state index contributed by atoms with van der Waals surface area (Å²) in [6, 6.07) is 198. The summed E-state index contributed by atoms with van der Waals surface area (Å²) in [5.74, 6) is 0. The van der Waals surface area contributed by atoms with Gasteiger partial charge in [0.25, 0.3) is 0 Å². The lowest BCUT2D eigenvalue weighted by atomic mass is 9.84. The number of benzene rings is 27. The molecule has 27 aromatic carbocycles. The molecule has 6 nitrogen and oxygen atoms in total. The number of anilines is 9. The molecule has 3 heterocycles. The zero-order valence-corrected chi connectivity index (χ0v) is 80.6. The molecule has 0 bridgehead atoms. The van der Waals surface area contributed by atoms with Gasteiger partial charge in [0, 0.05) is 95.3 Å². The van der Waals surface area contributed by atoms with Crippen LogP contribution in [0.15, 0.2) is 565 Å². The maximum absolute atomic E-state index is 6.41. The lowest BCUT2D eigenvalue weighted by Gasteiger charge is -2.27. The van der Waals surface area contributed by atoms with E-state index in [-0.39, 0.29) is 0 Å². The first-order valence-corrected chi connectivity index (χ1v) is 50.6. The summed E-state index contributed by atoms with van der Waals surface area (Å²) in [5.41, 5.74) is 27.3. The summed E-state index contributed by atoms with van der Waals surface area (Å²) in [7, 11) is 0. The van der Waals surface area contributed by atoms with Crippen LogP contribution in [0.1, 0.15) is 0 Å². The van der Waals surface area contributed by atoms with Crippen molar-refractivity contribution in [3.63, 3.8) is 0 Å². The predicted molar refractivity (Wildman–Crippen MR) is 627 cm³/mol. The van der Waals surface area contributed by atoms with E-state index in [0.29, 0.717) is 0 Å². The second kappa shape index (κ2) is 36.4. The predicted octanol–water partition coefficient (Wildman–Crippen LogP) is 41.0. The van der Waals surface area contributed by atoms with Crippen LogP contribution in [0, 0.1) is 0 Å². The van der Waals surface area contributed by atoms with Crippen molar-refractivity contribution in [2.45, 2.75) is 0 Å². The summed E-state index contributed by atoms with van der Waals surface area (Å²) >= 11 is 0. The first-order valence-electron chi connectivity index (χ1n) is 50.6. The van der Waals surface area contributed by atoms with Gasteiger partial charge in [0.15, 0.2) is 0 Å². The zero-order chi connectivity index (χ0) is 97.6. The molecule has 30 aromatic rings. The summed E-state index contributed by atoms with van der Waals surface area (Å²) in [4.78, 5) is 6.97. The van der Waals surface area contributed by atoms with Crippen molar-refractivity contribution in [2.24, 2.45) is 0 Å². The van der Waals surface area contributed by atoms with Gasteiger partial charge >= 0.3 is 0 Å². The fraction of sp³-hybridized carbons (Fsp3) is 0. The van der Waals surface area contributed by atoms with Crippen molar-refractivity contribution in [2.75, 3.05) is 14.7 Å². The van der Waals surface area contributed by atoms with Crippen molar-refractivity contribution in [3.05, 3.63) is 552 Å². The van der Waals surface area contributed by atoms with Crippen LogP contribution < -0.4 is 14.7 Å². The van der Waals surface area contributed by atoms with E-state index < -0.39 is 0 Å². The van der Waals surface area contributed by atoms with Gasteiger partial charge in [-0.15, -0.1) is 0 Å². The second-order valence-electron chi connectivity index (χ2n) is 38.2. The van der Waals surface area contributed by atoms with Crippen molar-refractivity contribution in [1.29, 1.82) is 0 Å². The van der Waals surface area contributed by atoms with E-state index in [1.54, 1.807) is 0 Å². The first-order chi connectivity index (χ1) is 73.4. The van der Waals surface area contributed by atoms with Crippen molar-refractivity contribution >= 4 is 225 Å². The monoisotopic (exact) mass is 1890 g/mol. The summed E-state index contributed by atoms with van der Waals surface area (Å²) < 4.78 is 19.0. The Balaban J connectivity index is 0.000000107. The third-order valence-electron chi connectivity index (χ3n) is 29.9. The highest BCUT2D eigenvalue weighted by molar-refractivity contribution is 6.29. The van der Waals surface area contributed by atoms with Crippen LogP contribution >= 0.6 is 0 Å². The summed E-state index contributed by atoms with van der Waals surface area (Å²) in [5, 5.41) is 31.9. The molecule has 0 fully saturated rings. The van der Waals surface area contributed by atoms with Gasteiger partial charge in [-0.1, -0.05) is 400 Å². The quantitative estimate of drug-likeness (QED) is 0.101. The number of hydrogen-bond donors (Lipinski definition) is 0. The van der Waals surface area contributed by atoms with E-state index in [1.807, 2.05) is 36.4 Å². The van der Waals surface area contributed by atoms with Crippen LogP contribution in [0.3, 0.4) is 0 Å². The smallest absolute Gasteiger partial charge is 0.137 e. The average Bonchev–Trinajstić information content (AvgIpc) is 1.02. The lowest BCUT2D eigenvalue weighted by Crippen LogP contribution is -2.10. The number of fused-ring (bicyclic) bond motifs is 25. The molecular weight excluding hydrogens is 1800 g/mol. The molecule has 0 saturated heterocycles. The van der Waals surface area contributed by atoms with Gasteiger partial charge in [-0.25, -0.2) is 0 Å². The van der Waals surface area contributed by atoms with Gasteiger partial charge < -0.3 is 28.0 Å². The Hall–Kier alpha value is -19.7. The van der Waals surface area contributed by atoms with Gasteiger partial charge in [-0.05, 0) is 297 Å². The van der Waals surface area contributed by atoms with Crippen LogP contribution in [-0.4, -0.2) is 0 Å². The Morgan fingerprint density at radius 3 is 0.865 bits per heavy atom. The standard InChI is InChI=1S/C50H33N.C48H29NO2.C44H29NO/c1-3-15-36(16-4-1)51(37-17-5-2-6-18-37)38-30-27-34(28-31-38)49-46-25-13-11-22-42(46)43-23-12-14-26-47(43)50(49)35-29-32-45-41-21-8-7-19-39(41)40-20-9-10-24-44(40)48(45)33-35;1-2-10-35-30(9-1)17-18-31-27-32(19-22-36(31)35)37-25-26-44(39-12-4-3-11-38(37)39)49(33-20-23-42-40-13-5-7-15-45(40)50-47(42)28-33)34-21-24-43-41-14-6-8-16-46(41)51-48(43)29-34;1-3-13-30(14-4-1)43-38-20-9-7-17-35(38)36-18-8-10-21-39(36)44(43)31-23-25-33(26-24-31)45(32-15-5-2-6-16-32)34-27-28-42-40(29-34)37-19-11-12-22-41(37)46-42/h1-33H;1-29H;1-29H. The zero-order valence-electron chi connectivity index (χ0n) is 80.6. The van der Waals surface area contributed by atoms with E-state index in [0.717, 1.165) is 122 Å². The minimum Gasteiger partial charge on any atom is -0.456 e. The van der Waals surface area contributed by atoms with Crippen LogP contribution in [0.5, 0.6) is 0 Å². The third-order valence-corrected chi connectivity index (χ3v) is 29.9. The molecule has 0 amide bonds. The average molecular weight is 1890 g/mol. The van der Waals surface area contributed by atoms with Gasteiger partial charge in [-0.3, -0.25) is 0 Å².